The first-order valence-electron chi connectivity index (χ1n) is 4.34. The fraction of sp³-hybridized carbons (Fsp3) is 0.500. The molecule has 66 valence electrons. The van der Waals surface area contributed by atoms with Crippen molar-refractivity contribution >= 4 is 12.6 Å². The molecular formula is C10H15NS. The Morgan fingerprint density at radius 1 is 1.50 bits per heavy atom. The number of pyridine rings is 1. The van der Waals surface area contributed by atoms with Crippen LogP contribution in [-0.2, 0) is 0 Å². The smallest absolute Gasteiger partial charge is 0.0445 e. The van der Waals surface area contributed by atoms with Gasteiger partial charge in [-0.05, 0) is 18.6 Å². The average molecular weight is 181 g/mol. The number of nitrogens with zero attached hydrogens (tertiary/aromatic N) is 1. The molecule has 1 aromatic heterocycles. The van der Waals surface area contributed by atoms with E-state index in [2.05, 4.69) is 37.5 Å². The fourth-order valence-electron chi connectivity index (χ4n) is 1.39. The van der Waals surface area contributed by atoms with Crippen molar-refractivity contribution < 1.29 is 0 Å². The van der Waals surface area contributed by atoms with Gasteiger partial charge in [-0.2, -0.15) is 12.6 Å². The molecule has 0 saturated heterocycles. The van der Waals surface area contributed by atoms with Gasteiger partial charge in [-0.3, -0.25) is 4.98 Å². The Kier molecular flexibility index (Phi) is 3.60. The van der Waals surface area contributed by atoms with Gasteiger partial charge < -0.3 is 0 Å². The lowest BCUT2D eigenvalue weighted by Gasteiger charge is -2.16. The summed E-state index contributed by atoms with van der Waals surface area (Å²) in [7, 11) is 0. The summed E-state index contributed by atoms with van der Waals surface area (Å²) in [6.07, 6.45) is 2.94. The van der Waals surface area contributed by atoms with Crippen LogP contribution in [0.2, 0.25) is 0 Å². The minimum absolute atomic E-state index is 0.380. The molecule has 0 bridgehead atoms. The SMILES string of the molecule is CCC(c1ccccn1)C(C)S. The van der Waals surface area contributed by atoms with E-state index in [4.69, 9.17) is 0 Å². The average Bonchev–Trinajstić information content (AvgIpc) is 2.07. The summed E-state index contributed by atoms with van der Waals surface area (Å²) in [6.45, 7) is 4.29. The third-order valence-corrected chi connectivity index (χ3v) is 2.45. The summed E-state index contributed by atoms with van der Waals surface area (Å²) in [4.78, 5) is 4.32. The second-order valence-corrected chi connectivity index (χ2v) is 3.82. The number of rotatable bonds is 3. The predicted octanol–water partition coefficient (Wildman–Crippen LogP) is 2.89. The molecule has 0 aliphatic heterocycles. The molecule has 2 heteroatoms. The van der Waals surface area contributed by atoms with Crippen LogP contribution >= 0.6 is 12.6 Å². The van der Waals surface area contributed by atoms with Gasteiger partial charge in [0.1, 0.15) is 0 Å². The van der Waals surface area contributed by atoms with Crippen molar-refractivity contribution in [2.45, 2.75) is 31.4 Å². The third-order valence-electron chi connectivity index (χ3n) is 2.09. The van der Waals surface area contributed by atoms with Gasteiger partial charge in [0.25, 0.3) is 0 Å². The molecule has 1 aromatic rings. The topological polar surface area (TPSA) is 12.9 Å². The summed E-state index contributed by atoms with van der Waals surface area (Å²) in [6, 6.07) is 6.04. The van der Waals surface area contributed by atoms with Crippen molar-refractivity contribution in [1.82, 2.24) is 4.98 Å². The molecule has 2 unspecified atom stereocenters. The molecule has 0 spiro atoms. The maximum absolute atomic E-state index is 4.44. The molecule has 12 heavy (non-hydrogen) atoms. The van der Waals surface area contributed by atoms with Gasteiger partial charge in [-0.15, -0.1) is 0 Å². The van der Waals surface area contributed by atoms with Crippen LogP contribution in [0.5, 0.6) is 0 Å². The lowest BCUT2D eigenvalue weighted by molar-refractivity contribution is 0.639. The number of hydrogen-bond acceptors (Lipinski definition) is 2. The van der Waals surface area contributed by atoms with Gasteiger partial charge >= 0.3 is 0 Å². The highest BCUT2D eigenvalue weighted by atomic mass is 32.1. The minimum Gasteiger partial charge on any atom is -0.261 e. The van der Waals surface area contributed by atoms with Gasteiger partial charge in [0.05, 0.1) is 0 Å². The lowest BCUT2D eigenvalue weighted by atomic mass is 9.98. The Labute approximate surface area is 79.6 Å². The van der Waals surface area contributed by atoms with Gasteiger partial charge in [0.15, 0.2) is 0 Å². The molecule has 1 heterocycles. The van der Waals surface area contributed by atoms with Crippen LogP contribution in [0.3, 0.4) is 0 Å². The monoisotopic (exact) mass is 181 g/mol. The maximum Gasteiger partial charge on any atom is 0.0445 e. The van der Waals surface area contributed by atoms with Crippen LogP contribution in [0.15, 0.2) is 24.4 Å². The number of hydrogen-bond donors (Lipinski definition) is 1. The van der Waals surface area contributed by atoms with Crippen LogP contribution < -0.4 is 0 Å². The van der Waals surface area contributed by atoms with E-state index in [1.165, 1.54) is 0 Å². The van der Waals surface area contributed by atoms with Crippen molar-refractivity contribution in [1.29, 1.82) is 0 Å². The Morgan fingerprint density at radius 3 is 2.67 bits per heavy atom. The molecule has 0 N–H and O–H groups in total. The molecule has 0 saturated carbocycles. The van der Waals surface area contributed by atoms with Crippen LogP contribution in [0.1, 0.15) is 31.9 Å². The highest BCUT2D eigenvalue weighted by Gasteiger charge is 2.14. The molecule has 0 radical (unpaired) electrons. The Morgan fingerprint density at radius 2 is 2.25 bits per heavy atom. The standard InChI is InChI=1S/C10H15NS/c1-3-9(8(2)12)10-6-4-5-7-11-10/h4-9,12H,3H2,1-2H3. The summed E-state index contributed by atoms with van der Waals surface area (Å²) in [5.41, 5.74) is 1.16. The zero-order valence-electron chi connectivity index (χ0n) is 7.57. The molecule has 0 aliphatic rings. The van der Waals surface area contributed by atoms with E-state index in [1.54, 1.807) is 0 Å². The van der Waals surface area contributed by atoms with E-state index in [1.807, 2.05) is 18.3 Å². The van der Waals surface area contributed by atoms with Crippen LogP contribution in [0, 0.1) is 0 Å². The first-order chi connectivity index (χ1) is 5.75. The molecule has 0 aliphatic carbocycles. The molecule has 2 atom stereocenters. The normalized spacial score (nSPS) is 15.6. The number of thiol groups is 1. The third kappa shape index (κ3) is 2.24. The zero-order valence-corrected chi connectivity index (χ0v) is 8.46. The van der Waals surface area contributed by atoms with Crippen molar-refractivity contribution in [2.75, 3.05) is 0 Å². The molecule has 0 amide bonds. The molecule has 0 aromatic carbocycles. The molecule has 1 rings (SSSR count). The molecular weight excluding hydrogens is 166 g/mol. The predicted molar refractivity (Wildman–Crippen MR) is 55.7 cm³/mol. The zero-order chi connectivity index (χ0) is 8.97. The van der Waals surface area contributed by atoms with E-state index >= 15 is 0 Å². The first-order valence-corrected chi connectivity index (χ1v) is 4.86. The van der Waals surface area contributed by atoms with Crippen LogP contribution in [0.25, 0.3) is 0 Å². The van der Waals surface area contributed by atoms with Crippen LogP contribution in [0.4, 0.5) is 0 Å². The van der Waals surface area contributed by atoms with Crippen molar-refractivity contribution in [3.8, 4) is 0 Å². The molecule has 0 fully saturated rings. The largest absolute Gasteiger partial charge is 0.261 e. The van der Waals surface area contributed by atoms with Gasteiger partial charge in [-0.25, -0.2) is 0 Å². The second kappa shape index (κ2) is 4.51. The molecule has 1 nitrogen and oxygen atoms in total. The van der Waals surface area contributed by atoms with Crippen LogP contribution in [-0.4, -0.2) is 10.2 Å². The Hall–Kier alpha value is -0.500. The van der Waals surface area contributed by atoms with Gasteiger partial charge in [-0.1, -0.05) is 19.9 Å². The Balaban J connectivity index is 2.80. The van der Waals surface area contributed by atoms with E-state index in [9.17, 15) is 0 Å². The quantitative estimate of drug-likeness (QED) is 0.707. The van der Waals surface area contributed by atoms with Crippen molar-refractivity contribution in [3.63, 3.8) is 0 Å². The second-order valence-electron chi connectivity index (χ2n) is 3.01. The lowest BCUT2D eigenvalue weighted by Crippen LogP contribution is -2.09. The summed E-state index contributed by atoms with van der Waals surface area (Å²) in [5, 5.41) is 0.380. The highest BCUT2D eigenvalue weighted by Crippen LogP contribution is 2.24. The summed E-state index contributed by atoms with van der Waals surface area (Å²) in [5.74, 6) is 0.481. The van der Waals surface area contributed by atoms with Gasteiger partial charge in [0.2, 0.25) is 0 Å². The number of aromatic nitrogens is 1. The highest BCUT2D eigenvalue weighted by molar-refractivity contribution is 7.81. The van der Waals surface area contributed by atoms with Crippen molar-refractivity contribution in [3.05, 3.63) is 30.1 Å². The fourth-order valence-corrected chi connectivity index (χ4v) is 1.76. The summed E-state index contributed by atoms with van der Waals surface area (Å²) >= 11 is 4.44. The van der Waals surface area contributed by atoms with E-state index in [0.717, 1.165) is 12.1 Å². The minimum atomic E-state index is 0.380. The van der Waals surface area contributed by atoms with E-state index in [0.29, 0.717) is 11.2 Å². The van der Waals surface area contributed by atoms with E-state index < -0.39 is 0 Å². The maximum atomic E-state index is 4.44. The van der Waals surface area contributed by atoms with E-state index in [-0.39, 0.29) is 0 Å². The Bertz CT molecular complexity index is 221. The first kappa shape index (κ1) is 9.59. The van der Waals surface area contributed by atoms with Crippen molar-refractivity contribution in [2.24, 2.45) is 0 Å². The van der Waals surface area contributed by atoms with Gasteiger partial charge in [0, 0.05) is 23.1 Å². The summed E-state index contributed by atoms with van der Waals surface area (Å²) < 4.78 is 0.